The van der Waals surface area contributed by atoms with Gasteiger partial charge < -0.3 is 19.1 Å². The van der Waals surface area contributed by atoms with E-state index in [1.165, 1.54) is 18.8 Å². The normalized spacial score (nSPS) is 14.1. The smallest absolute Gasteiger partial charge is 0.442 e. The maximum absolute atomic E-state index is 12.9. The number of hydrogen-bond acceptors (Lipinski definition) is 8. The predicted molar refractivity (Wildman–Crippen MR) is 124 cm³/mol. The monoisotopic (exact) mass is 468 g/mol. The Bertz CT molecular complexity index is 1150. The van der Waals surface area contributed by atoms with Gasteiger partial charge in [-0.05, 0) is 30.3 Å². The lowest BCUT2D eigenvalue weighted by atomic mass is 10.2. The molecule has 1 saturated heterocycles. The highest BCUT2D eigenvalue weighted by Crippen LogP contribution is 2.31. The van der Waals surface area contributed by atoms with Gasteiger partial charge in [-0.1, -0.05) is 23.4 Å². The van der Waals surface area contributed by atoms with Gasteiger partial charge in [0.15, 0.2) is 17.3 Å². The van der Waals surface area contributed by atoms with Crippen molar-refractivity contribution in [3.8, 4) is 28.6 Å². The van der Waals surface area contributed by atoms with E-state index >= 15 is 0 Å². The average Bonchev–Trinajstić information content (AvgIpc) is 3.24. The van der Waals surface area contributed by atoms with E-state index in [1.54, 1.807) is 23.1 Å². The lowest BCUT2D eigenvalue weighted by molar-refractivity contribution is -0.133. The fraction of sp³-hybridized carbons (Fsp3) is 0.375. The Morgan fingerprint density at radius 1 is 1.00 bits per heavy atom. The zero-order valence-corrected chi connectivity index (χ0v) is 19.3. The van der Waals surface area contributed by atoms with Gasteiger partial charge in [0, 0.05) is 38.3 Å². The summed E-state index contributed by atoms with van der Waals surface area (Å²) < 4.78 is 22.4. The van der Waals surface area contributed by atoms with Crippen LogP contribution >= 0.6 is 0 Å². The lowest BCUT2D eigenvalue weighted by Gasteiger charge is -2.34. The molecule has 1 aliphatic rings. The summed E-state index contributed by atoms with van der Waals surface area (Å²) >= 11 is 0. The first-order valence-corrected chi connectivity index (χ1v) is 11.1. The summed E-state index contributed by atoms with van der Waals surface area (Å²) in [5, 5.41) is 3.87. The Hall–Kier alpha value is -3.79. The maximum atomic E-state index is 12.9. The van der Waals surface area contributed by atoms with E-state index in [0.717, 1.165) is 25.4 Å². The largest absolute Gasteiger partial charge is 0.493 e. The molecule has 0 unspecified atom stereocenters. The predicted octanol–water partition coefficient (Wildman–Crippen LogP) is 1.74. The average molecular weight is 469 g/mol. The Morgan fingerprint density at radius 2 is 1.74 bits per heavy atom. The third-order valence-corrected chi connectivity index (χ3v) is 5.77. The Balaban J connectivity index is 1.33. The summed E-state index contributed by atoms with van der Waals surface area (Å²) in [6, 6.07) is 14.8. The molecule has 4 rings (SSSR count). The van der Waals surface area contributed by atoms with E-state index in [4.69, 9.17) is 18.7 Å². The number of amides is 1. The van der Waals surface area contributed by atoms with E-state index < -0.39 is 5.76 Å². The van der Waals surface area contributed by atoms with Gasteiger partial charge >= 0.3 is 5.76 Å². The van der Waals surface area contributed by atoms with Crippen molar-refractivity contribution < 1.29 is 23.5 Å². The number of aromatic nitrogens is 2. The van der Waals surface area contributed by atoms with Crippen LogP contribution in [0, 0.1) is 0 Å². The minimum absolute atomic E-state index is 0.150. The number of benzene rings is 2. The molecule has 10 nitrogen and oxygen atoms in total. The molecule has 2 heterocycles. The van der Waals surface area contributed by atoms with Crippen molar-refractivity contribution in [3.63, 3.8) is 0 Å². The third kappa shape index (κ3) is 5.40. The van der Waals surface area contributed by atoms with Crippen molar-refractivity contribution in [2.45, 2.75) is 6.54 Å². The summed E-state index contributed by atoms with van der Waals surface area (Å²) in [5.41, 5.74) is 0.583. The second-order valence-corrected chi connectivity index (χ2v) is 7.81. The van der Waals surface area contributed by atoms with E-state index in [1.807, 2.05) is 30.3 Å². The summed E-state index contributed by atoms with van der Waals surface area (Å²) in [6.45, 7) is 3.86. The molecule has 2 aromatic carbocycles. The molecule has 0 aliphatic carbocycles. The molecule has 0 bridgehead atoms. The number of hydrogen-bond donors (Lipinski definition) is 0. The fourth-order valence-corrected chi connectivity index (χ4v) is 3.86. The molecule has 1 aromatic heterocycles. The first kappa shape index (κ1) is 23.4. The van der Waals surface area contributed by atoms with Crippen molar-refractivity contribution in [2.75, 3.05) is 53.6 Å². The Kier molecular flexibility index (Phi) is 7.48. The second kappa shape index (κ2) is 10.9. The molecular weight excluding hydrogens is 440 g/mol. The molecule has 0 atom stereocenters. The number of methoxy groups -OCH3 is 2. The van der Waals surface area contributed by atoms with Crippen molar-refractivity contribution in [1.29, 1.82) is 0 Å². The molecule has 1 aliphatic heterocycles. The van der Waals surface area contributed by atoms with Gasteiger partial charge in [0.25, 0.3) is 0 Å². The highest BCUT2D eigenvalue weighted by molar-refractivity contribution is 5.77. The molecule has 180 valence electrons. The van der Waals surface area contributed by atoms with Gasteiger partial charge in [0.2, 0.25) is 5.91 Å². The summed E-state index contributed by atoms with van der Waals surface area (Å²) in [6.07, 6.45) is 0. The van der Waals surface area contributed by atoms with Crippen LogP contribution in [0.15, 0.2) is 57.8 Å². The summed E-state index contributed by atoms with van der Waals surface area (Å²) in [5.74, 6) is 1.30. The molecule has 0 N–H and O–H groups in total. The van der Waals surface area contributed by atoms with E-state index in [-0.39, 0.29) is 18.3 Å². The van der Waals surface area contributed by atoms with Crippen LogP contribution in [0.1, 0.15) is 0 Å². The van der Waals surface area contributed by atoms with Crippen LogP contribution in [-0.2, 0) is 11.3 Å². The zero-order chi connectivity index (χ0) is 23.9. The van der Waals surface area contributed by atoms with Gasteiger partial charge in [-0.15, -0.1) is 0 Å². The molecule has 1 amide bonds. The first-order valence-electron chi connectivity index (χ1n) is 11.1. The highest BCUT2D eigenvalue weighted by Gasteiger charge is 2.24. The molecular formula is C24H28N4O6. The number of carbonyl (C=O) groups is 1. The van der Waals surface area contributed by atoms with Crippen LogP contribution in [-0.4, -0.2) is 79.0 Å². The highest BCUT2D eigenvalue weighted by atomic mass is 16.5. The van der Waals surface area contributed by atoms with Gasteiger partial charge in [-0.2, -0.15) is 0 Å². The van der Waals surface area contributed by atoms with Gasteiger partial charge in [0.05, 0.1) is 14.2 Å². The van der Waals surface area contributed by atoms with E-state index in [9.17, 15) is 9.59 Å². The Morgan fingerprint density at radius 3 is 2.44 bits per heavy atom. The van der Waals surface area contributed by atoms with Crippen LogP contribution in [0.3, 0.4) is 0 Å². The van der Waals surface area contributed by atoms with Crippen molar-refractivity contribution in [1.82, 2.24) is 19.5 Å². The second-order valence-electron chi connectivity index (χ2n) is 7.81. The van der Waals surface area contributed by atoms with E-state index in [2.05, 4.69) is 10.1 Å². The zero-order valence-electron chi connectivity index (χ0n) is 19.3. The standard InChI is InChI=1S/C24H28N4O6/c1-31-20-9-8-18(16-21(20)32-2)23-25-34-24(30)28(23)17-22(29)27-12-10-26(11-13-27)14-15-33-19-6-4-3-5-7-19/h3-9,16H,10-15,17H2,1-2H3. The number of rotatable bonds is 9. The molecule has 0 radical (unpaired) electrons. The van der Waals surface area contributed by atoms with Gasteiger partial charge in [-0.3, -0.25) is 14.2 Å². The van der Waals surface area contributed by atoms with Crippen molar-refractivity contribution in [2.24, 2.45) is 0 Å². The van der Waals surface area contributed by atoms with Crippen molar-refractivity contribution in [3.05, 3.63) is 59.1 Å². The molecule has 10 heteroatoms. The molecule has 0 spiro atoms. The topological polar surface area (TPSA) is 99.3 Å². The quantitative estimate of drug-likeness (QED) is 0.468. The van der Waals surface area contributed by atoms with Crippen LogP contribution < -0.4 is 20.0 Å². The number of para-hydroxylation sites is 1. The minimum atomic E-state index is -0.685. The van der Waals surface area contributed by atoms with E-state index in [0.29, 0.717) is 36.8 Å². The van der Waals surface area contributed by atoms with Crippen molar-refractivity contribution >= 4 is 5.91 Å². The molecule has 1 fully saturated rings. The fourth-order valence-electron chi connectivity index (χ4n) is 3.86. The number of nitrogens with zero attached hydrogens (tertiary/aromatic N) is 4. The number of ether oxygens (including phenoxy) is 3. The molecule has 0 saturated carbocycles. The molecule has 34 heavy (non-hydrogen) atoms. The van der Waals surface area contributed by atoms with Crippen LogP contribution in [0.2, 0.25) is 0 Å². The van der Waals surface area contributed by atoms with Crippen LogP contribution in [0.5, 0.6) is 17.2 Å². The summed E-state index contributed by atoms with van der Waals surface area (Å²) in [7, 11) is 3.06. The van der Waals surface area contributed by atoms with Gasteiger partial charge in [-0.25, -0.2) is 9.36 Å². The first-order chi connectivity index (χ1) is 16.6. The minimum Gasteiger partial charge on any atom is -0.493 e. The molecule has 3 aromatic rings. The van der Waals surface area contributed by atoms with Crippen LogP contribution in [0.4, 0.5) is 0 Å². The summed E-state index contributed by atoms with van der Waals surface area (Å²) in [4.78, 5) is 29.2. The van der Waals surface area contributed by atoms with Crippen LogP contribution in [0.25, 0.3) is 11.4 Å². The SMILES string of the molecule is COc1ccc(-c2noc(=O)n2CC(=O)N2CCN(CCOc3ccccc3)CC2)cc1OC. The Labute approximate surface area is 197 Å². The number of carbonyl (C=O) groups excluding carboxylic acids is 1. The third-order valence-electron chi connectivity index (χ3n) is 5.77. The maximum Gasteiger partial charge on any atom is 0.442 e. The number of piperazine rings is 1. The lowest BCUT2D eigenvalue weighted by Crippen LogP contribution is -2.50. The van der Waals surface area contributed by atoms with Gasteiger partial charge in [0.1, 0.15) is 18.9 Å².